The average Bonchev–Trinajstić information content (AvgIpc) is 2.70. The molecular weight excluding hydrogens is 460 g/mol. The lowest BCUT2D eigenvalue weighted by Crippen LogP contribution is -2.44. The highest BCUT2D eigenvalue weighted by molar-refractivity contribution is 9.10. The van der Waals surface area contributed by atoms with E-state index in [1.807, 2.05) is 12.1 Å². The van der Waals surface area contributed by atoms with Crippen LogP contribution in [0.4, 0.5) is 5.69 Å². The Bertz CT molecular complexity index is 1220. The summed E-state index contributed by atoms with van der Waals surface area (Å²) in [6.45, 7) is 11.3. The van der Waals surface area contributed by atoms with Crippen LogP contribution in [0.3, 0.4) is 0 Å². The summed E-state index contributed by atoms with van der Waals surface area (Å²) in [6, 6.07) is 6.08. The summed E-state index contributed by atoms with van der Waals surface area (Å²) in [6.07, 6.45) is 5.67. The summed E-state index contributed by atoms with van der Waals surface area (Å²) in [5, 5.41) is 0.986. The van der Waals surface area contributed by atoms with Crippen LogP contribution in [0.25, 0.3) is 11.0 Å². The lowest BCUT2D eigenvalue weighted by molar-refractivity contribution is 0.398. The van der Waals surface area contributed by atoms with Gasteiger partial charge in [0.25, 0.3) is 0 Å². The molecule has 0 saturated heterocycles. The highest BCUT2D eigenvalue weighted by Crippen LogP contribution is 2.52. The zero-order chi connectivity index (χ0) is 21.3. The molecule has 6 heteroatoms. The van der Waals surface area contributed by atoms with Crippen molar-refractivity contribution in [2.24, 2.45) is 0 Å². The molecule has 0 amide bonds. The molecular formula is C24H25BrN2O2S. The summed E-state index contributed by atoms with van der Waals surface area (Å²) >= 11 is 5.17. The maximum Gasteiger partial charge on any atom is 0.351 e. The number of fused-ring (bicyclic) bond motifs is 2. The second-order valence-electron chi connectivity index (χ2n) is 9.60. The number of hydrogen-bond acceptors (Lipinski definition) is 5. The molecule has 0 unspecified atom stereocenters. The first-order valence-corrected chi connectivity index (χ1v) is 12.0. The van der Waals surface area contributed by atoms with Crippen LogP contribution in [-0.4, -0.2) is 18.1 Å². The molecule has 0 bridgehead atoms. The normalized spacial score (nSPS) is 19.0. The molecule has 4 nitrogen and oxygen atoms in total. The van der Waals surface area contributed by atoms with Crippen molar-refractivity contribution in [3.63, 3.8) is 0 Å². The molecule has 1 aromatic carbocycles. The van der Waals surface area contributed by atoms with Gasteiger partial charge in [-0.15, -0.1) is 0 Å². The molecule has 5 rings (SSSR count). The van der Waals surface area contributed by atoms with Gasteiger partial charge in [-0.2, -0.15) is 0 Å². The topological polar surface area (TPSA) is 46.3 Å². The fourth-order valence-corrected chi connectivity index (χ4v) is 6.30. The number of anilines is 1. The van der Waals surface area contributed by atoms with Crippen LogP contribution in [0.1, 0.15) is 51.7 Å². The molecule has 0 spiro atoms. The average molecular weight is 485 g/mol. The first kappa shape index (κ1) is 20.1. The van der Waals surface area contributed by atoms with E-state index < -0.39 is 0 Å². The van der Waals surface area contributed by atoms with Gasteiger partial charge in [-0.1, -0.05) is 39.5 Å². The Morgan fingerprint density at radius 3 is 2.60 bits per heavy atom. The number of hydrogen-bond donors (Lipinski definition) is 0. The number of rotatable bonds is 2. The third-order valence-corrected chi connectivity index (χ3v) is 8.80. The van der Waals surface area contributed by atoms with Gasteiger partial charge in [0, 0.05) is 51.5 Å². The van der Waals surface area contributed by atoms with E-state index >= 15 is 0 Å². The fraction of sp³-hybridized carbons (Fsp3) is 0.417. The van der Waals surface area contributed by atoms with Crippen molar-refractivity contribution in [1.29, 1.82) is 0 Å². The van der Waals surface area contributed by atoms with E-state index in [-0.39, 0.29) is 16.5 Å². The molecule has 2 aliphatic heterocycles. The zero-order valence-corrected chi connectivity index (χ0v) is 20.1. The predicted molar refractivity (Wildman–Crippen MR) is 126 cm³/mol. The van der Waals surface area contributed by atoms with E-state index in [9.17, 15) is 4.79 Å². The standard InChI is InChI=1S/C24H25BrN2O2S/c1-23(2)7-10-27-11-8-24(3,4)17-19(27)16(23)12-15-18(25)21(22(28)29-20(15)17)30-14-6-5-9-26-13-14/h5-6,9,12-13H,7-8,10-11H2,1-4H3. The Kier molecular flexibility index (Phi) is 4.60. The van der Waals surface area contributed by atoms with Gasteiger partial charge in [0.1, 0.15) is 10.5 Å². The second kappa shape index (κ2) is 6.86. The van der Waals surface area contributed by atoms with E-state index in [4.69, 9.17) is 4.42 Å². The van der Waals surface area contributed by atoms with Crippen LogP contribution >= 0.6 is 27.7 Å². The molecule has 4 heterocycles. The van der Waals surface area contributed by atoms with Gasteiger partial charge in [0.05, 0.1) is 0 Å². The molecule has 0 fully saturated rings. The van der Waals surface area contributed by atoms with Crippen LogP contribution in [-0.2, 0) is 10.8 Å². The molecule has 30 heavy (non-hydrogen) atoms. The Labute approximate surface area is 189 Å². The van der Waals surface area contributed by atoms with Crippen molar-refractivity contribution in [3.05, 3.63) is 56.6 Å². The summed E-state index contributed by atoms with van der Waals surface area (Å²) < 4.78 is 6.88. The Morgan fingerprint density at radius 2 is 1.90 bits per heavy atom. The van der Waals surface area contributed by atoms with E-state index in [2.05, 4.69) is 59.6 Å². The summed E-state index contributed by atoms with van der Waals surface area (Å²) in [4.78, 5) is 21.2. The lowest BCUT2D eigenvalue weighted by atomic mass is 9.69. The minimum atomic E-state index is -0.303. The van der Waals surface area contributed by atoms with Crippen molar-refractivity contribution in [1.82, 2.24) is 4.98 Å². The first-order chi connectivity index (χ1) is 14.2. The van der Waals surface area contributed by atoms with Gasteiger partial charge in [0.2, 0.25) is 0 Å². The van der Waals surface area contributed by atoms with E-state index in [0.717, 1.165) is 46.3 Å². The SMILES string of the molecule is CC1(C)CCN2CCC(C)(C)c3c2c1cc1c(Br)c(Sc2cccnc2)c(=O)oc31. The first-order valence-electron chi connectivity index (χ1n) is 10.4. The van der Waals surface area contributed by atoms with Gasteiger partial charge in [-0.3, -0.25) is 4.98 Å². The van der Waals surface area contributed by atoms with Crippen molar-refractivity contribution in [3.8, 4) is 0 Å². The number of pyridine rings is 1. The quantitative estimate of drug-likeness (QED) is 0.401. The monoisotopic (exact) mass is 484 g/mol. The van der Waals surface area contributed by atoms with Crippen LogP contribution in [0.2, 0.25) is 0 Å². The Morgan fingerprint density at radius 1 is 1.17 bits per heavy atom. The Balaban J connectivity index is 1.83. The zero-order valence-electron chi connectivity index (χ0n) is 17.7. The van der Waals surface area contributed by atoms with Crippen LogP contribution in [0.15, 0.2) is 54.1 Å². The minimum Gasteiger partial charge on any atom is -0.421 e. The second-order valence-corrected chi connectivity index (χ2v) is 11.5. The highest BCUT2D eigenvalue weighted by Gasteiger charge is 2.42. The molecule has 2 aliphatic rings. The van der Waals surface area contributed by atoms with Crippen molar-refractivity contribution < 1.29 is 4.42 Å². The largest absolute Gasteiger partial charge is 0.421 e. The molecule has 0 saturated carbocycles. The summed E-state index contributed by atoms with van der Waals surface area (Å²) in [5.41, 5.74) is 4.28. The molecule has 0 atom stereocenters. The maximum atomic E-state index is 13.1. The summed E-state index contributed by atoms with van der Waals surface area (Å²) in [7, 11) is 0. The molecule has 3 aromatic rings. The number of aromatic nitrogens is 1. The van der Waals surface area contributed by atoms with Crippen molar-refractivity contribution in [2.45, 2.75) is 61.2 Å². The summed E-state index contributed by atoms with van der Waals surface area (Å²) in [5.74, 6) is 0. The smallest absolute Gasteiger partial charge is 0.351 e. The molecule has 0 N–H and O–H groups in total. The number of benzene rings is 1. The highest BCUT2D eigenvalue weighted by atomic mass is 79.9. The van der Waals surface area contributed by atoms with Gasteiger partial charge < -0.3 is 9.32 Å². The molecule has 2 aromatic heterocycles. The lowest BCUT2D eigenvalue weighted by Gasteiger charge is -2.48. The third-order valence-electron chi connectivity index (χ3n) is 6.66. The van der Waals surface area contributed by atoms with Crippen LogP contribution < -0.4 is 10.5 Å². The van der Waals surface area contributed by atoms with Gasteiger partial charge in [-0.25, -0.2) is 4.79 Å². The number of nitrogens with zero attached hydrogens (tertiary/aromatic N) is 2. The van der Waals surface area contributed by atoms with E-state index in [1.54, 1.807) is 12.4 Å². The van der Waals surface area contributed by atoms with Gasteiger partial charge in [0.15, 0.2) is 0 Å². The molecule has 0 aliphatic carbocycles. The molecule has 0 radical (unpaired) electrons. The minimum absolute atomic E-state index is 0.0547. The molecule has 156 valence electrons. The van der Waals surface area contributed by atoms with Gasteiger partial charge >= 0.3 is 5.63 Å². The van der Waals surface area contributed by atoms with Gasteiger partial charge in [-0.05, 0) is 63.4 Å². The van der Waals surface area contributed by atoms with Crippen molar-refractivity contribution in [2.75, 3.05) is 18.0 Å². The van der Waals surface area contributed by atoms with Crippen molar-refractivity contribution >= 4 is 44.3 Å². The predicted octanol–water partition coefficient (Wildman–Crippen LogP) is 6.27. The Hall–Kier alpha value is -1.79. The third kappa shape index (κ3) is 3.02. The van der Waals surface area contributed by atoms with E-state index in [1.165, 1.54) is 28.6 Å². The van der Waals surface area contributed by atoms with Crippen LogP contribution in [0.5, 0.6) is 0 Å². The number of halogens is 1. The van der Waals surface area contributed by atoms with Crippen LogP contribution in [0, 0.1) is 0 Å². The van der Waals surface area contributed by atoms with E-state index in [0.29, 0.717) is 4.90 Å². The maximum absolute atomic E-state index is 13.1. The fourth-order valence-electron chi connectivity index (χ4n) is 4.78.